The largest absolute Gasteiger partial charge is 0.378 e. The molecular formula is C16H29NO2. The van der Waals surface area contributed by atoms with E-state index in [0.29, 0.717) is 12.2 Å². The molecule has 3 atom stereocenters. The Morgan fingerprint density at radius 3 is 2.84 bits per heavy atom. The van der Waals surface area contributed by atoms with Crippen LogP contribution < -0.4 is 5.32 Å². The van der Waals surface area contributed by atoms with Crippen LogP contribution in [0.1, 0.15) is 58.3 Å². The van der Waals surface area contributed by atoms with E-state index in [1.54, 1.807) is 0 Å². The minimum atomic E-state index is 0.0699. The molecular weight excluding hydrogens is 238 g/mol. The van der Waals surface area contributed by atoms with Crippen LogP contribution in [0.15, 0.2) is 0 Å². The Hall–Kier alpha value is -0.120. The van der Waals surface area contributed by atoms with E-state index < -0.39 is 0 Å². The van der Waals surface area contributed by atoms with Gasteiger partial charge in [0.25, 0.3) is 0 Å². The molecule has 0 aromatic rings. The SMILES string of the molecule is CCC1CC2(CCO1)CNCC(CC1CCCC1)O2. The lowest BCUT2D eigenvalue weighted by molar-refractivity contribution is -0.181. The van der Waals surface area contributed by atoms with Crippen molar-refractivity contribution >= 4 is 0 Å². The van der Waals surface area contributed by atoms with Crippen LogP contribution in [0, 0.1) is 5.92 Å². The normalized spacial score (nSPS) is 40.9. The topological polar surface area (TPSA) is 30.5 Å². The molecule has 3 rings (SSSR count). The Morgan fingerprint density at radius 1 is 1.21 bits per heavy atom. The second-order valence-electron chi connectivity index (χ2n) is 6.80. The summed E-state index contributed by atoms with van der Waals surface area (Å²) in [5, 5.41) is 3.63. The van der Waals surface area contributed by atoms with Gasteiger partial charge in [0.1, 0.15) is 0 Å². The minimum absolute atomic E-state index is 0.0699. The molecule has 3 heteroatoms. The molecule has 110 valence electrons. The highest BCUT2D eigenvalue weighted by molar-refractivity contribution is 4.94. The van der Waals surface area contributed by atoms with Crippen LogP contribution >= 0.6 is 0 Å². The smallest absolute Gasteiger partial charge is 0.0857 e. The quantitative estimate of drug-likeness (QED) is 0.853. The van der Waals surface area contributed by atoms with Gasteiger partial charge in [-0.1, -0.05) is 32.6 Å². The van der Waals surface area contributed by atoms with Gasteiger partial charge >= 0.3 is 0 Å². The lowest BCUT2D eigenvalue weighted by atomic mass is 9.86. The molecule has 3 aliphatic rings. The van der Waals surface area contributed by atoms with Gasteiger partial charge < -0.3 is 14.8 Å². The number of nitrogens with one attached hydrogen (secondary N) is 1. The van der Waals surface area contributed by atoms with E-state index >= 15 is 0 Å². The zero-order valence-electron chi connectivity index (χ0n) is 12.3. The van der Waals surface area contributed by atoms with Gasteiger partial charge in [0.2, 0.25) is 0 Å². The summed E-state index contributed by atoms with van der Waals surface area (Å²) >= 11 is 0. The first kappa shape index (κ1) is 13.8. The van der Waals surface area contributed by atoms with Crippen molar-refractivity contribution in [1.82, 2.24) is 5.32 Å². The van der Waals surface area contributed by atoms with Gasteiger partial charge in [0.15, 0.2) is 0 Å². The van der Waals surface area contributed by atoms with E-state index in [9.17, 15) is 0 Å². The Kier molecular flexibility index (Phi) is 4.45. The van der Waals surface area contributed by atoms with E-state index in [1.165, 1.54) is 32.1 Å². The summed E-state index contributed by atoms with van der Waals surface area (Å²) in [5.41, 5.74) is 0.0699. The number of hydrogen-bond donors (Lipinski definition) is 1. The minimum Gasteiger partial charge on any atom is -0.378 e. The van der Waals surface area contributed by atoms with Gasteiger partial charge in [0, 0.05) is 32.5 Å². The van der Waals surface area contributed by atoms with Crippen LogP contribution in [0.2, 0.25) is 0 Å². The zero-order valence-corrected chi connectivity index (χ0v) is 12.3. The lowest BCUT2D eigenvalue weighted by Crippen LogP contribution is -2.57. The second-order valence-corrected chi connectivity index (χ2v) is 6.80. The van der Waals surface area contributed by atoms with Crippen molar-refractivity contribution < 1.29 is 9.47 Å². The Labute approximate surface area is 117 Å². The van der Waals surface area contributed by atoms with Crippen molar-refractivity contribution in [2.75, 3.05) is 19.7 Å². The highest BCUT2D eigenvalue weighted by Crippen LogP contribution is 2.36. The van der Waals surface area contributed by atoms with Crippen LogP contribution in [0.5, 0.6) is 0 Å². The third kappa shape index (κ3) is 3.32. The van der Waals surface area contributed by atoms with Crippen LogP contribution in [0.3, 0.4) is 0 Å². The summed E-state index contributed by atoms with van der Waals surface area (Å²) in [4.78, 5) is 0. The summed E-state index contributed by atoms with van der Waals surface area (Å²) in [6.45, 7) is 5.16. The molecule has 1 aliphatic carbocycles. The maximum atomic E-state index is 6.57. The molecule has 3 nitrogen and oxygen atoms in total. The Balaban J connectivity index is 1.57. The van der Waals surface area contributed by atoms with Gasteiger partial charge in [-0.05, 0) is 18.8 Å². The van der Waals surface area contributed by atoms with E-state index in [1.807, 2.05) is 0 Å². The predicted octanol–water partition coefficient (Wildman–Crippen LogP) is 2.88. The molecule has 1 saturated carbocycles. The third-order valence-corrected chi connectivity index (χ3v) is 5.27. The average Bonchev–Trinajstić information content (AvgIpc) is 2.92. The molecule has 2 aliphatic heterocycles. The maximum absolute atomic E-state index is 6.57. The van der Waals surface area contributed by atoms with Gasteiger partial charge in [0.05, 0.1) is 17.8 Å². The Morgan fingerprint density at radius 2 is 2.05 bits per heavy atom. The lowest BCUT2D eigenvalue weighted by Gasteiger charge is -2.46. The van der Waals surface area contributed by atoms with E-state index in [0.717, 1.165) is 44.9 Å². The fourth-order valence-electron chi connectivity index (χ4n) is 4.16. The van der Waals surface area contributed by atoms with Crippen molar-refractivity contribution in [3.8, 4) is 0 Å². The molecule has 0 aromatic carbocycles. The number of morpholine rings is 1. The first-order valence-corrected chi connectivity index (χ1v) is 8.30. The molecule has 19 heavy (non-hydrogen) atoms. The molecule has 3 fully saturated rings. The Bertz CT molecular complexity index is 286. The molecule has 1 N–H and O–H groups in total. The summed E-state index contributed by atoms with van der Waals surface area (Å²) in [6.07, 6.45) is 11.1. The number of hydrogen-bond acceptors (Lipinski definition) is 3. The second kappa shape index (κ2) is 6.11. The van der Waals surface area contributed by atoms with Crippen molar-refractivity contribution in [1.29, 1.82) is 0 Å². The highest BCUT2D eigenvalue weighted by Gasteiger charge is 2.42. The molecule has 0 bridgehead atoms. The van der Waals surface area contributed by atoms with Crippen molar-refractivity contribution in [2.24, 2.45) is 5.92 Å². The molecule has 2 heterocycles. The van der Waals surface area contributed by atoms with E-state index in [-0.39, 0.29) is 5.60 Å². The standard InChI is InChI=1S/C16H29NO2/c1-2-14-10-16(7-8-18-14)12-17-11-15(19-16)9-13-5-3-4-6-13/h13-15,17H,2-12H2,1H3. The molecule has 1 spiro atoms. The fraction of sp³-hybridized carbons (Fsp3) is 1.00. The molecule has 0 amide bonds. The summed E-state index contributed by atoms with van der Waals surface area (Å²) in [7, 11) is 0. The summed E-state index contributed by atoms with van der Waals surface area (Å²) < 4.78 is 12.4. The van der Waals surface area contributed by atoms with Gasteiger partial charge in [-0.15, -0.1) is 0 Å². The fourth-order valence-corrected chi connectivity index (χ4v) is 4.16. The first-order chi connectivity index (χ1) is 9.30. The molecule has 2 saturated heterocycles. The monoisotopic (exact) mass is 267 g/mol. The maximum Gasteiger partial charge on any atom is 0.0857 e. The van der Waals surface area contributed by atoms with Crippen molar-refractivity contribution in [3.63, 3.8) is 0 Å². The van der Waals surface area contributed by atoms with E-state index in [2.05, 4.69) is 12.2 Å². The zero-order chi connectivity index (χ0) is 13.1. The predicted molar refractivity (Wildman–Crippen MR) is 76.3 cm³/mol. The van der Waals surface area contributed by atoms with Gasteiger partial charge in [-0.2, -0.15) is 0 Å². The van der Waals surface area contributed by atoms with Gasteiger partial charge in [-0.25, -0.2) is 0 Å². The number of rotatable bonds is 3. The summed E-state index contributed by atoms with van der Waals surface area (Å²) in [5.74, 6) is 0.920. The van der Waals surface area contributed by atoms with Crippen LogP contribution in [0.25, 0.3) is 0 Å². The van der Waals surface area contributed by atoms with Crippen LogP contribution in [-0.4, -0.2) is 37.5 Å². The van der Waals surface area contributed by atoms with Crippen LogP contribution in [-0.2, 0) is 9.47 Å². The van der Waals surface area contributed by atoms with Crippen molar-refractivity contribution in [2.45, 2.75) is 76.1 Å². The highest BCUT2D eigenvalue weighted by atomic mass is 16.5. The van der Waals surface area contributed by atoms with Crippen LogP contribution in [0.4, 0.5) is 0 Å². The molecule has 3 unspecified atom stereocenters. The average molecular weight is 267 g/mol. The third-order valence-electron chi connectivity index (χ3n) is 5.27. The van der Waals surface area contributed by atoms with Gasteiger partial charge in [-0.3, -0.25) is 0 Å². The molecule has 0 aromatic heterocycles. The molecule has 0 radical (unpaired) electrons. The first-order valence-electron chi connectivity index (χ1n) is 8.30. The van der Waals surface area contributed by atoms with E-state index in [4.69, 9.17) is 9.47 Å². The number of ether oxygens (including phenoxy) is 2. The summed E-state index contributed by atoms with van der Waals surface area (Å²) in [6, 6.07) is 0. The van der Waals surface area contributed by atoms with Crippen molar-refractivity contribution in [3.05, 3.63) is 0 Å².